The smallest absolute Gasteiger partial charge is 0.330 e. The summed E-state index contributed by atoms with van der Waals surface area (Å²) in [5, 5.41) is 14.8. The van der Waals surface area contributed by atoms with Crippen molar-refractivity contribution in [2.45, 2.75) is 52.0 Å². The molecule has 0 radical (unpaired) electrons. The van der Waals surface area contributed by atoms with Crippen LogP contribution in [0.5, 0.6) is 5.75 Å². The van der Waals surface area contributed by atoms with E-state index in [1.54, 1.807) is 0 Å². The van der Waals surface area contributed by atoms with E-state index < -0.39 is 0 Å². The third kappa shape index (κ3) is 9.31. The van der Waals surface area contributed by atoms with Crippen molar-refractivity contribution >= 4 is 33.8 Å². The lowest BCUT2D eigenvalue weighted by Crippen LogP contribution is -2.02. The zero-order chi connectivity index (χ0) is 28.7. The van der Waals surface area contributed by atoms with E-state index in [2.05, 4.69) is 71.5 Å². The van der Waals surface area contributed by atoms with E-state index in [1.165, 1.54) is 17.2 Å². The number of hydrogen-bond acceptors (Lipinski definition) is 6. The van der Waals surface area contributed by atoms with Crippen molar-refractivity contribution in [2.75, 3.05) is 18.5 Å². The molecule has 0 heterocycles. The van der Waals surface area contributed by atoms with Gasteiger partial charge in [0.1, 0.15) is 5.75 Å². The number of carbonyl (C=O) groups is 1. The molecule has 0 aromatic heterocycles. The Kier molecular flexibility index (Phi) is 11.5. The fourth-order valence-electron chi connectivity index (χ4n) is 4.53. The van der Waals surface area contributed by atoms with Crippen molar-refractivity contribution in [1.82, 2.24) is 0 Å². The predicted molar refractivity (Wildman–Crippen MR) is 167 cm³/mol. The van der Waals surface area contributed by atoms with Crippen molar-refractivity contribution < 1.29 is 14.3 Å². The first kappa shape index (κ1) is 29.5. The van der Waals surface area contributed by atoms with Crippen molar-refractivity contribution in [3.8, 4) is 5.75 Å². The number of rotatable bonds is 16. The van der Waals surface area contributed by atoms with Crippen molar-refractivity contribution in [3.05, 3.63) is 109 Å². The van der Waals surface area contributed by atoms with E-state index >= 15 is 0 Å². The number of nitrogens with one attached hydrogen (secondary N) is 1. The zero-order valence-corrected chi connectivity index (χ0v) is 23.9. The standard InChI is InChI=1S/C35H39N3O3/c1-3-11-27-14-18-29(19-15-27)37-38-34-23-22-33(31-12-7-8-13-32(31)34)36-26-28-16-20-30(21-17-28)40-24-9-5-6-10-25-41-35(39)4-2/h4,7-8,12-23,36H,2-3,5-6,9-11,24-26H2,1H3/b38-37+. The van der Waals surface area contributed by atoms with Gasteiger partial charge < -0.3 is 14.8 Å². The number of unbranched alkanes of at least 4 members (excludes halogenated alkanes) is 3. The summed E-state index contributed by atoms with van der Waals surface area (Å²) in [5.74, 6) is 0.509. The van der Waals surface area contributed by atoms with Gasteiger partial charge in [0.25, 0.3) is 0 Å². The Morgan fingerprint density at radius 3 is 2.24 bits per heavy atom. The van der Waals surface area contributed by atoms with Crippen LogP contribution in [0.2, 0.25) is 0 Å². The molecular weight excluding hydrogens is 510 g/mol. The highest BCUT2D eigenvalue weighted by Gasteiger charge is 2.06. The summed E-state index contributed by atoms with van der Waals surface area (Å²) in [6.45, 7) is 7.39. The maximum Gasteiger partial charge on any atom is 0.330 e. The van der Waals surface area contributed by atoms with E-state index in [1.807, 2.05) is 42.5 Å². The van der Waals surface area contributed by atoms with Crippen molar-refractivity contribution in [1.29, 1.82) is 0 Å². The van der Waals surface area contributed by atoms with Gasteiger partial charge in [0.2, 0.25) is 0 Å². The highest BCUT2D eigenvalue weighted by Crippen LogP contribution is 2.33. The number of benzene rings is 4. The summed E-state index contributed by atoms with van der Waals surface area (Å²) in [4.78, 5) is 11.0. The Bertz CT molecular complexity index is 1430. The van der Waals surface area contributed by atoms with Gasteiger partial charge in [-0.25, -0.2) is 4.79 Å². The molecule has 0 aliphatic rings. The number of anilines is 1. The third-order valence-electron chi connectivity index (χ3n) is 6.77. The molecule has 6 heteroatoms. The average Bonchev–Trinajstić information content (AvgIpc) is 3.01. The maximum atomic E-state index is 11.0. The van der Waals surface area contributed by atoms with Crippen LogP contribution in [0.1, 0.15) is 50.2 Å². The SMILES string of the molecule is C=CC(=O)OCCCCCCOc1ccc(CNc2ccc(/N=N/c3ccc(CCC)cc3)c3ccccc23)cc1. The molecule has 0 saturated carbocycles. The first-order valence-electron chi connectivity index (χ1n) is 14.4. The number of carbonyl (C=O) groups excluding carboxylic acids is 1. The fraction of sp³-hybridized carbons (Fsp3) is 0.286. The van der Waals surface area contributed by atoms with E-state index in [-0.39, 0.29) is 5.97 Å². The molecule has 0 bridgehead atoms. The first-order chi connectivity index (χ1) is 20.2. The van der Waals surface area contributed by atoms with Crippen LogP contribution in [0.3, 0.4) is 0 Å². The molecule has 0 aliphatic carbocycles. The molecule has 41 heavy (non-hydrogen) atoms. The van der Waals surface area contributed by atoms with E-state index in [9.17, 15) is 4.79 Å². The van der Waals surface area contributed by atoms with Crippen LogP contribution in [0.15, 0.2) is 108 Å². The van der Waals surface area contributed by atoms with Gasteiger partial charge in [-0.2, -0.15) is 5.11 Å². The summed E-state index contributed by atoms with van der Waals surface area (Å²) in [6, 6.07) is 28.9. The number of fused-ring (bicyclic) bond motifs is 1. The summed E-state index contributed by atoms with van der Waals surface area (Å²) < 4.78 is 10.9. The second-order valence-electron chi connectivity index (χ2n) is 9.93. The Morgan fingerprint density at radius 1 is 0.805 bits per heavy atom. The number of nitrogens with zero attached hydrogens (tertiary/aromatic N) is 2. The summed E-state index contributed by atoms with van der Waals surface area (Å²) >= 11 is 0. The molecule has 4 rings (SSSR count). The topological polar surface area (TPSA) is 72.3 Å². The highest BCUT2D eigenvalue weighted by molar-refractivity contribution is 6.00. The molecule has 6 nitrogen and oxygen atoms in total. The molecule has 0 spiro atoms. The van der Waals surface area contributed by atoms with Gasteiger partial charge in [-0.3, -0.25) is 0 Å². The number of ether oxygens (including phenoxy) is 2. The minimum absolute atomic E-state index is 0.360. The first-order valence-corrected chi connectivity index (χ1v) is 14.4. The van der Waals surface area contributed by atoms with E-state index in [4.69, 9.17) is 9.47 Å². The van der Waals surface area contributed by atoms with Crippen molar-refractivity contribution in [2.24, 2.45) is 10.2 Å². The molecule has 1 N–H and O–H groups in total. The number of hydrogen-bond donors (Lipinski definition) is 1. The lowest BCUT2D eigenvalue weighted by molar-refractivity contribution is -0.137. The Labute approximate surface area is 243 Å². The average molecular weight is 550 g/mol. The quantitative estimate of drug-likeness (QED) is 0.0654. The van der Waals surface area contributed by atoms with E-state index in [0.29, 0.717) is 19.8 Å². The van der Waals surface area contributed by atoms with Crippen LogP contribution in [0.25, 0.3) is 10.8 Å². The number of aryl methyl sites for hydroxylation is 1. The third-order valence-corrected chi connectivity index (χ3v) is 6.77. The normalized spacial score (nSPS) is 11.0. The number of azo groups is 1. The number of esters is 1. The van der Waals surface area contributed by atoms with E-state index in [0.717, 1.165) is 72.1 Å². The molecule has 212 valence electrons. The van der Waals surface area contributed by atoms with Crippen LogP contribution >= 0.6 is 0 Å². The Hall–Kier alpha value is -4.45. The monoisotopic (exact) mass is 549 g/mol. The molecule has 0 unspecified atom stereocenters. The van der Waals surface area contributed by atoms with Crippen LogP contribution in [0.4, 0.5) is 17.1 Å². The minimum Gasteiger partial charge on any atom is -0.494 e. The van der Waals surface area contributed by atoms with Crippen LogP contribution in [-0.2, 0) is 22.5 Å². The van der Waals surface area contributed by atoms with Crippen LogP contribution in [0, 0.1) is 0 Å². The van der Waals surface area contributed by atoms with Gasteiger partial charge in [-0.1, -0.05) is 68.5 Å². The van der Waals surface area contributed by atoms with Gasteiger partial charge in [0, 0.05) is 29.1 Å². The van der Waals surface area contributed by atoms with Gasteiger partial charge in [-0.05, 0) is 79.6 Å². The summed E-state index contributed by atoms with van der Waals surface area (Å²) in [7, 11) is 0. The van der Waals surface area contributed by atoms with Crippen LogP contribution < -0.4 is 10.1 Å². The summed E-state index contributed by atoms with van der Waals surface area (Å²) in [5.41, 5.74) is 5.26. The molecular formula is C35H39N3O3. The molecule has 0 atom stereocenters. The summed E-state index contributed by atoms with van der Waals surface area (Å²) in [6.07, 6.45) is 7.27. The van der Waals surface area contributed by atoms with Gasteiger partial charge in [0.15, 0.2) is 0 Å². The molecule has 0 saturated heterocycles. The lowest BCUT2D eigenvalue weighted by Gasteiger charge is -2.12. The lowest BCUT2D eigenvalue weighted by atomic mass is 10.1. The minimum atomic E-state index is -0.360. The fourth-order valence-corrected chi connectivity index (χ4v) is 4.53. The second kappa shape index (κ2) is 16.0. The maximum absolute atomic E-state index is 11.0. The van der Waals surface area contributed by atoms with Gasteiger partial charge >= 0.3 is 5.97 Å². The predicted octanol–water partition coefficient (Wildman–Crippen LogP) is 9.49. The zero-order valence-electron chi connectivity index (χ0n) is 23.9. The molecule has 0 aliphatic heterocycles. The largest absolute Gasteiger partial charge is 0.494 e. The molecule has 4 aromatic rings. The second-order valence-corrected chi connectivity index (χ2v) is 9.93. The Morgan fingerprint density at radius 2 is 1.51 bits per heavy atom. The molecule has 4 aromatic carbocycles. The molecule has 0 amide bonds. The molecule has 0 fully saturated rings. The van der Waals surface area contributed by atoms with Gasteiger partial charge in [0.05, 0.1) is 24.6 Å². The van der Waals surface area contributed by atoms with Gasteiger partial charge in [-0.15, -0.1) is 5.11 Å². The van der Waals surface area contributed by atoms with Crippen molar-refractivity contribution in [3.63, 3.8) is 0 Å². The Balaban J connectivity index is 1.26. The highest BCUT2D eigenvalue weighted by atomic mass is 16.5. The van der Waals surface area contributed by atoms with Crippen LogP contribution in [-0.4, -0.2) is 19.2 Å².